The van der Waals surface area contributed by atoms with Gasteiger partial charge in [-0.15, -0.1) is 0 Å². The van der Waals surface area contributed by atoms with E-state index in [1.54, 1.807) is 7.05 Å². The Balaban J connectivity index is 1.77. The second-order valence-electron chi connectivity index (χ2n) is 5.33. The molecule has 2 N–H and O–H groups in total. The van der Waals surface area contributed by atoms with E-state index in [9.17, 15) is 0 Å². The summed E-state index contributed by atoms with van der Waals surface area (Å²) in [6.07, 6.45) is 4.24. The van der Waals surface area contributed by atoms with Crippen LogP contribution in [0.1, 0.15) is 25.3 Å². The van der Waals surface area contributed by atoms with Crippen molar-refractivity contribution in [2.45, 2.75) is 26.3 Å². The molecule has 0 radical (unpaired) electrons. The van der Waals surface area contributed by atoms with Crippen molar-refractivity contribution in [1.82, 2.24) is 10.6 Å². The molecular weight excluding hydrogens is 290 g/mol. The van der Waals surface area contributed by atoms with Crippen LogP contribution in [0.3, 0.4) is 0 Å². The quantitative estimate of drug-likeness (QED) is 0.461. The summed E-state index contributed by atoms with van der Waals surface area (Å²) in [6.45, 7) is 5.81. The Labute approximate surface area is 138 Å². The standard InChI is InChI=1S/C18H27N3O2/c1-3-23-17-7-5-4-6-16(17)14-21-18(19-2)20-11-8-15-9-12-22-13-10-15/h4-7,9H,3,8,10-14H2,1-2H3,(H2,19,20,21). The maximum absolute atomic E-state index is 5.64. The molecule has 126 valence electrons. The molecular formula is C18H27N3O2. The zero-order valence-corrected chi connectivity index (χ0v) is 14.1. The SMILES string of the molecule is CCOc1ccccc1CNC(=NC)NCCC1=CCOCC1. The van der Waals surface area contributed by atoms with Gasteiger partial charge in [0.05, 0.1) is 19.8 Å². The first-order chi connectivity index (χ1) is 11.3. The van der Waals surface area contributed by atoms with Crippen LogP contribution in [-0.4, -0.2) is 39.4 Å². The van der Waals surface area contributed by atoms with Gasteiger partial charge in [-0.3, -0.25) is 4.99 Å². The Morgan fingerprint density at radius 2 is 2.17 bits per heavy atom. The van der Waals surface area contributed by atoms with Crippen molar-refractivity contribution in [1.29, 1.82) is 0 Å². The first-order valence-electron chi connectivity index (χ1n) is 8.24. The Hall–Kier alpha value is -2.01. The van der Waals surface area contributed by atoms with Gasteiger partial charge < -0.3 is 20.1 Å². The van der Waals surface area contributed by atoms with Crippen molar-refractivity contribution in [3.8, 4) is 5.75 Å². The number of nitrogens with zero attached hydrogens (tertiary/aromatic N) is 1. The number of guanidine groups is 1. The van der Waals surface area contributed by atoms with Gasteiger partial charge in [0.15, 0.2) is 5.96 Å². The van der Waals surface area contributed by atoms with Crippen molar-refractivity contribution >= 4 is 5.96 Å². The highest BCUT2D eigenvalue weighted by molar-refractivity contribution is 5.79. The number of rotatable bonds is 7. The lowest BCUT2D eigenvalue weighted by Gasteiger charge is -2.16. The molecule has 1 heterocycles. The lowest BCUT2D eigenvalue weighted by Crippen LogP contribution is -2.37. The molecule has 0 saturated carbocycles. The molecule has 0 saturated heterocycles. The summed E-state index contributed by atoms with van der Waals surface area (Å²) in [5.74, 6) is 1.73. The van der Waals surface area contributed by atoms with Crippen molar-refractivity contribution in [3.63, 3.8) is 0 Å². The summed E-state index contributed by atoms with van der Waals surface area (Å²) in [6, 6.07) is 8.07. The number of hydrogen-bond acceptors (Lipinski definition) is 3. The van der Waals surface area contributed by atoms with Crippen LogP contribution in [0.15, 0.2) is 40.9 Å². The van der Waals surface area contributed by atoms with Crippen molar-refractivity contribution < 1.29 is 9.47 Å². The lowest BCUT2D eigenvalue weighted by molar-refractivity contribution is 0.153. The van der Waals surface area contributed by atoms with E-state index in [4.69, 9.17) is 9.47 Å². The molecule has 0 atom stereocenters. The Bertz CT molecular complexity index is 541. The van der Waals surface area contributed by atoms with Crippen molar-refractivity contribution in [2.24, 2.45) is 4.99 Å². The minimum atomic E-state index is 0.669. The number of ether oxygens (including phenoxy) is 2. The molecule has 0 spiro atoms. The summed E-state index contributed by atoms with van der Waals surface area (Å²) < 4.78 is 11.0. The molecule has 1 aromatic rings. The highest BCUT2D eigenvalue weighted by Gasteiger charge is 2.06. The van der Waals surface area contributed by atoms with Gasteiger partial charge in [-0.1, -0.05) is 29.8 Å². The highest BCUT2D eigenvalue weighted by Crippen LogP contribution is 2.17. The first kappa shape index (κ1) is 17.3. The predicted octanol–water partition coefficient (Wildman–Crippen LogP) is 2.49. The number of nitrogens with one attached hydrogen (secondary N) is 2. The molecule has 0 unspecified atom stereocenters. The van der Waals surface area contributed by atoms with Crippen LogP contribution in [0.25, 0.3) is 0 Å². The number of para-hydroxylation sites is 1. The van der Waals surface area contributed by atoms with E-state index < -0.39 is 0 Å². The van der Waals surface area contributed by atoms with Gasteiger partial charge in [0, 0.05) is 25.7 Å². The van der Waals surface area contributed by atoms with Gasteiger partial charge in [-0.05, 0) is 25.8 Å². The van der Waals surface area contributed by atoms with E-state index in [1.807, 2.05) is 25.1 Å². The van der Waals surface area contributed by atoms with Crippen LogP contribution in [0.2, 0.25) is 0 Å². The Morgan fingerprint density at radius 3 is 2.91 bits per heavy atom. The van der Waals surface area contributed by atoms with Crippen LogP contribution in [0, 0.1) is 0 Å². The molecule has 1 aliphatic heterocycles. The minimum absolute atomic E-state index is 0.669. The van der Waals surface area contributed by atoms with Gasteiger partial charge in [0.2, 0.25) is 0 Å². The van der Waals surface area contributed by atoms with E-state index >= 15 is 0 Å². The third kappa shape index (κ3) is 5.94. The minimum Gasteiger partial charge on any atom is -0.494 e. The van der Waals surface area contributed by atoms with Crippen LogP contribution >= 0.6 is 0 Å². The number of aliphatic imine (C=N–C) groups is 1. The first-order valence-corrected chi connectivity index (χ1v) is 8.24. The fourth-order valence-corrected chi connectivity index (χ4v) is 2.48. The average molecular weight is 317 g/mol. The second-order valence-corrected chi connectivity index (χ2v) is 5.33. The number of benzene rings is 1. The van der Waals surface area contributed by atoms with E-state index in [2.05, 4.69) is 27.8 Å². The van der Waals surface area contributed by atoms with E-state index in [0.29, 0.717) is 13.2 Å². The molecule has 23 heavy (non-hydrogen) atoms. The van der Waals surface area contributed by atoms with E-state index in [0.717, 1.165) is 49.9 Å². The summed E-state index contributed by atoms with van der Waals surface area (Å²) in [7, 11) is 1.79. The molecule has 5 nitrogen and oxygen atoms in total. The van der Waals surface area contributed by atoms with E-state index in [-0.39, 0.29) is 0 Å². The topological polar surface area (TPSA) is 54.9 Å². The molecule has 0 amide bonds. The normalized spacial score (nSPS) is 15.0. The average Bonchev–Trinajstić information content (AvgIpc) is 2.60. The summed E-state index contributed by atoms with van der Waals surface area (Å²) >= 11 is 0. The predicted molar refractivity (Wildman–Crippen MR) is 93.9 cm³/mol. The van der Waals surface area contributed by atoms with Crippen LogP contribution in [-0.2, 0) is 11.3 Å². The zero-order chi connectivity index (χ0) is 16.3. The molecule has 0 aliphatic carbocycles. The van der Waals surface area contributed by atoms with Gasteiger partial charge >= 0.3 is 0 Å². The third-order valence-corrected chi connectivity index (χ3v) is 3.74. The Morgan fingerprint density at radius 1 is 1.30 bits per heavy atom. The van der Waals surface area contributed by atoms with Gasteiger partial charge in [-0.25, -0.2) is 0 Å². The van der Waals surface area contributed by atoms with Gasteiger partial charge in [-0.2, -0.15) is 0 Å². The van der Waals surface area contributed by atoms with E-state index in [1.165, 1.54) is 5.57 Å². The van der Waals surface area contributed by atoms with Crippen molar-refractivity contribution in [2.75, 3.05) is 33.4 Å². The smallest absolute Gasteiger partial charge is 0.191 e. The fourth-order valence-electron chi connectivity index (χ4n) is 2.48. The summed E-state index contributed by atoms with van der Waals surface area (Å²) in [5.41, 5.74) is 2.59. The van der Waals surface area contributed by atoms with Crippen LogP contribution < -0.4 is 15.4 Å². The Kier molecular flexibility index (Phi) is 7.46. The molecule has 1 aromatic carbocycles. The van der Waals surface area contributed by atoms with Crippen LogP contribution in [0.5, 0.6) is 5.75 Å². The molecule has 1 aliphatic rings. The fraction of sp³-hybridized carbons (Fsp3) is 0.500. The number of hydrogen-bond donors (Lipinski definition) is 2. The highest BCUT2D eigenvalue weighted by atomic mass is 16.5. The molecule has 0 aromatic heterocycles. The lowest BCUT2D eigenvalue weighted by atomic mass is 10.1. The molecule has 2 rings (SSSR count). The monoisotopic (exact) mass is 317 g/mol. The summed E-state index contributed by atoms with van der Waals surface area (Å²) in [4.78, 5) is 4.27. The maximum atomic E-state index is 5.64. The zero-order valence-electron chi connectivity index (χ0n) is 14.1. The third-order valence-electron chi connectivity index (χ3n) is 3.74. The second kappa shape index (κ2) is 9.90. The molecule has 0 bridgehead atoms. The molecule has 0 fully saturated rings. The maximum Gasteiger partial charge on any atom is 0.191 e. The largest absolute Gasteiger partial charge is 0.494 e. The summed E-state index contributed by atoms with van der Waals surface area (Å²) in [5, 5.41) is 6.69. The molecule has 5 heteroatoms. The van der Waals surface area contributed by atoms with Crippen LogP contribution in [0.4, 0.5) is 0 Å². The van der Waals surface area contributed by atoms with Gasteiger partial charge in [0.25, 0.3) is 0 Å². The van der Waals surface area contributed by atoms with Crippen molar-refractivity contribution in [3.05, 3.63) is 41.5 Å². The van der Waals surface area contributed by atoms with Gasteiger partial charge in [0.1, 0.15) is 5.75 Å².